The normalized spacial score (nSPS) is 14.7. The number of aromatic nitrogens is 2. The number of nitriles is 1. The van der Waals surface area contributed by atoms with Gasteiger partial charge in [-0.1, -0.05) is 24.3 Å². The zero-order chi connectivity index (χ0) is 16.4. The summed E-state index contributed by atoms with van der Waals surface area (Å²) in [5.41, 5.74) is 3.87. The molecular weight excluding hydrogens is 300 g/mol. The maximum absolute atomic E-state index is 9.25. The average molecular weight is 318 g/mol. The Balaban J connectivity index is 1.58. The van der Waals surface area contributed by atoms with Crippen molar-refractivity contribution >= 4 is 16.6 Å². The summed E-state index contributed by atoms with van der Waals surface area (Å²) in [5.74, 6) is 0. The van der Waals surface area contributed by atoms with Gasteiger partial charge in [0.15, 0.2) is 5.69 Å². The van der Waals surface area contributed by atoms with Crippen molar-refractivity contribution in [3.8, 4) is 6.07 Å². The maximum Gasteiger partial charge on any atom is 0.170 e. The van der Waals surface area contributed by atoms with Gasteiger partial charge in [0.1, 0.15) is 6.07 Å². The highest BCUT2D eigenvalue weighted by Gasteiger charge is 2.12. The molecule has 0 unspecified atom stereocenters. The molecule has 0 aliphatic carbocycles. The van der Waals surface area contributed by atoms with Gasteiger partial charge in [-0.3, -0.25) is 4.68 Å². The van der Waals surface area contributed by atoms with Gasteiger partial charge >= 0.3 is 0 Å². The van der Waals surface area contributed by atoms with Gasteiger partial charge in [-0.2, -0.15) is 10.4 Å². The minimum absolute atomic E-state index is 0.482. The lowest BCUT2D eigenvalue weighted by Crippen LogP contribution is -2.36. The molecule has 0 N–H and O–H groups in total. The first-order valence-electron chi connectivity index (χ1n) is 8.12. The van der Waals surface area contributed by atoms with Crippen LogP contribution in [-0.4, -0.2) is 36.1 Å². The Hall–Kier alpha value is -2.84. The third-order valence-electron chi connectivity index (χ3n) is 4.41. The van der Waals surface area contributed by atoms with Gasteiger partial charge in [0, 0.05) is 24.2 Å². The molecule has 1 aliphatic rings. The Morgan fingerprint density at radius 2 is 1.79 bits per heavy atom. The molecular formula is C19H18N4O. The van der Waals surface area contributed by atoms with E-state index in [0.717, 1.165) is 37.2 Å². The van der Waals surface area contributed by atoms with Gasteiger partial charge in [-0.25, -0.2) is 0 Å². The average Bonchev–Trinajstić information content (AvgIpc) is 3.01. The van der Waals surface area contributed by atoms with Gasteiger partial charge < -0.3 is 9.64 Å². The van der Waals surface area contributed by atoms with E-state index in [1.165, 1.54) is 11.3 Å². The lowest BCUT2D eigenvalue weighted by Gasteiger charge is -2.28. The van der Waals surface area contributed by atoms with Crippen LogP contribution in [-0.2, 0) is 11.3 Å². The molecule has 0 amide bonds. The predicted octanol–water partition coefficient (Wildman–Crippen LogP) is 2.79. The number of morpholine rings is 1. The molecule has 1 fully saturated rings. The first kappa shape index (κ1) is 14.7. The summed E-state index contributed by atoms with van der Waals surface area (Å²) in [5, 5.41) is 14.6. The second kappa shape index (κ2) is 6.34. The van der Waals surface area contributed by atoms with Crippen molar-refractivity contribution < 1.29 is 4.74 Å². The highest BCUT2D eigenvalue weighted by atomic mass is 16.5. The maximum atomic E-state index is 9.25. The molecule has 0 radical (unpaired) electrons. The summed E-state index contributed by atoms with van der Waals surface area (Å²) in [6, 6.07) is 18.6. The summed E-state index contributed by atoms with van der Waals surface area (Å²) in [6.45, 7) is 4.12. The monoisotopic (exact) mass is 318 g/mol. The second-order valence-electron chi connectivity index (χ2n) is 5.90. The zero-order valence-electron chi connectivity index (χ0n) is 13.4. The predicted molar refractivity (Wildman–Crippen MR) is 93.0 cm³/mol. The number of hydrogen-bond acceptors (Lipinski definition) is 4. The Labute approximate surface area is 140 Å². The second-order valence-corrected chi connectivity index (χ2v) is 5.90. The van der Waals surface area contributed by atoms with Crippen LogP contribution in [0.25, 0.3) is 10.9 Å². The molecule has 1 aliphatic heterocycles. The molecule has 1 saturated heterocycles. The topological polar surface area (TPSA) is 54.1 Å². The number of para-hydroxylation sites is 1. The molecule has 120 valence electrons. The van der Waals surface area contributed by atoms with E-state index in [9.17, 15) is 5.26 Å². The Bertz CT molecular complexity index is 886. The first-order chi connectivity index (χ1) is 11.8. The van der Waals surface area contributed by atoms with E-state index in [0.29, 0.717) is 12.2 Å². The van der Waals surface area contributed by atoms with Crippen LogP contribution < -0.4 is 4.90 Å². The number of rotatable bonds is 3. The Kier molecular flexibility index (Phi) is 3.89. The molecule has 2 aromatic carbocycles. The molecule has 5 nitrogen and oxygen atoms in total. The van der Waals surface area contributed by atoms with Gasteiger partial charge in [-0.15, -0.1) is 0 Å². The molecule has 0 saturated carbocycles. The quantitative estimate of drug-likeness (QED) is 0.745. The fraction of sp³-hybridized carbons (Fsp3) is 0.263. The van der Waals surface area contributed by atoms with Crippen LogP contribution in [0.1, 0.15) is 11.3 Å². The van der Waals surface area contributed by atoms with Crippen LogP contribution in [0.3, 0.4) is 0 Å². The number of ether oxygens (including phenoxy) is 1. The molecule has 1 aromatic heterocycles. The smallest absolute Gasteiger partial charge is 0.170 e. The van der Waals surface area contributed by atoms with Crippen molar-refractivity contribution in [2.45, 2.75) is 6.54 Å². The lowest BCUT2D eigenvalue weighted by atomic mass is 10.2. The summed E-state index contributed by atoms with van der Waals surface area (Å²) in [7, 11) is 0. The van der Waals surface area contributed by atoms with E-state index in [4.69, 9.17) is 4.74 Å². The molecule has 4 rings (SSSR count). The van der Waals surface area contributed by atoms with Crippen LogP contribution in [0.2, 0.25) is 0 Å². The molecule has 0 atom stereocenters. The lowest BCUT2D eigenvalue weighted by molar-refractivity contribution is 0.122. The van der Waals surface area contributed by atoms with Crippen molar-refractivity contribution in [2.24, 2.45) is 0 Å². The minimum atomic E-state index is 0.482. The minimum Gasteiger partial charge on any atom is -0.378 e. The van der Waals surface area contributed by atoms with Gasteiger partial charge in [0.2, 0.25) is 0 Å². The van der Waals surface area contributed by atoms with Crippen LogP contribution in [0, 0.1) is 11.3 Å². The SMILES string of the molecule is N#Cc1nn(Cc2ccc(N3CCOCC3)cc2)c2ccccc12. The number of fused-ring (bicyclic) bond motifs is 1. The Morgan fingerprint density at radius 1 is 1.04 bits per heavy atom. The molecule has 0 spiro atoms. The largest absolute Gasteiger partial charge is 0.378 e. The van der Waals surface area contributed by atoms with Crippen molar-refractivity contribution in [3.63, 3.8) is 0 Å². The van der Waals surface area contributed by atoms with Crippen molar-refractivity contribution in [1.82, 2.24) is 9.78 Å². The van der Waals surface area contributed by atoms with Crippen LogP contribution in [0.15, 0.2) is 48.5 Å². The molecule has 2 heterocycles. The number of hydrogen-bond donors (Lipinski definition) is 0. The van der Waals surface area contributed by atoms with E-state index in [1.807, 2.05) is 28.9 Å². The third-order valence-corrected chi connectivity index (χ3v) is 4.41. The highest BCUT2D eigenvalue weighted by molar-refractivity contribution is 5.84. The summed E-state index contributed by atoms with van der Waals surface area (Å²) in [4.78, 5) is 2.34. The van der Waals surface area contributed by atoms with E-state index in [1.54, 1.807) is 0 Å². The summed E-state index contributed by atoms with van der Waals surface area (Å²) in [6.07, 6.45) is 0. The van der Waals surface area contributed by atoms with Gasteiger partial charge in [0.05, 0.1) is 25.3 Å². The molecule has 0 bridgehead atoms. The van der Waals surface area contributed by atoms with E-state index in [2.05, 4.69) is 40.3 Å². The van der Waals surface area contributed by atoms with E-state index < -0.39 is 0 Å². The van der Waals surface area contributed by atoms with Crippen molar-refractivity contribution in [1.29, 1.82) is 5.26 Å². The van der Waals surface area contributed by atoms with Crippen molar-refractivity contribution in [2.75, 3.05) is 31.2 Å². The zero-order valence-corrected chi connectivity index (χ0v) is 13.4. The summed E-state index contributed by atoms with van der Waals surface area (Å²) >= 11 is 0. The number of benzene rings is 2. The molecule has 5 heteroatoms. The molecule has 3 aromatic rings. The van der Waals surface area contributed by atoms with Crippen LogP contribution in [0.4, 0.5) is 5.69 Å². The highest BCUT2D eigenvalue weighted by Crippen LogP contribution is 2.21. The fourth-order valence-electron chi connectivity index (χ4n) is 3.14. The molecule has 24 heavy (non-hydrogen) atoms. The number of anilines is 1. The third kappa shape index (κ3) is 2.72. The van der Waals surface area contributed by atoms with E-state index >= 15 is 0 Å². The Morgan fingerprint density at radius 3 is 2.54 bits per heavy atom. The van der Waals surface area contributed by atoms with Crippen LogP contribution in [0.5, 0.6) is 0 Å². The van der Waals surface area contributed by atoms with Gasteiger partial charge in [-0.05, 0) is 29.8 Å². The first-order valence-corrected chi connectivity index (χ1v) is 8.12. The standard InChI is InChI=1S/C19H18N4O/c20-13-18-17-3-1-2-4-19(17)23(21-18)14-15-5-7-16(8-6-15)22-9-11-24-12-10-22/h1-8H,9-12,14H2. The summed E-state index contributed by atoms with van der Waals surface area (Å²) < 4.78 is 7.30. The van der Waals surface area contributed by atoms with Crippen molar-refractivity contribution in [3.05, 3.63) is 59.8 Å². The van der Waals surface area contributed by atoms with E-state index in [-0.39, 0.29) is 0 Å². The number of nitrogens with zero attached hydrogens (tertiary/aromatic N) is 4. The van der Waals surface area contributed by atoms with Gasteiger partial charge in [0.25, 0.3) is 0 Å². The van der Waals surface area contributed by atoms with Crippen LogP contribution >= 0.6 is 0 Å². The fourth-order valence-corrected chi connectivity index (χ4v) is 3.14.